The third-order valence-corrected chi connectivity index (χ3v) is 1.27. The Kier molecular flexibility index (Phi) is 12.3. The number of aliphatic hydroxyl groups is 1. The van der Waals surface area contributed by atoms with Crippen LogP contribution in [-0.2, 0) is 4.79 Å². The molecule has 3 nitrogen and oxygen atoms in total. The first kappa shape index (κ1) is 14.5. The minimum atomic E-state index is -0.833. The van der Waals surface area contributed by atoms with Crippen LogP contribution < -0.4 is 0 Å². The van der Waals surface area contributed by atoms with Gasteiger partial charge in [0.15, 0.2) is 0 Å². The van der Waals surface area contributed by atoms with Crippen molar-refractivity contribution in [3.8, 4) is 12.3 Å². The molecule has 0 aromatic rings. The number of carbonyl (C=O) groups is 1. The average Bonchev–Trinajstić information content (AvgIpc) is 2.03. The SMILES string of the molecule is C#C[C@@H](O)CCCCC.CC(=O)O. The van der Waals surface area contributed by atoms with Gasteiger partial charge in [0.05, 0.1) is 0 Å². The molecule has 0 aliphatic heterocycles. The summed E-state index contributed by atoms with van der Waals surface area (Å²) in [5.74, 6) is 1.45. The summed E-state index contributed by atoms with van der Waals surface area (Å²) in [7, 11) is 0. The number of carboxylic acids is 1. The number of hydrogen-bond acceptors (Lipinski definition) is 2. The van der Waals surface area contributed by atoms with Crippen LogP contribution in [-0.4, -0.2) is 22.3 Å². The third-order valence-electron chi connectivity index (χ3n) is 1.27. The Morgan fingerprint density at radius 2 is 2.00 bits per heavy atom. The van der Waals surface area contributed by atoms with E-state index < -0.39 is 12.1 Å². The predicted octanol–water partition coefficient (Wildman–Crippen LogP) is 1.65. The molecule has 0 saturated heterocycles. The summed E-state index contributed by atoms with van der Waals surface area (Å²) < 4.78 is 0. The van der Waals surface area contributed by atoms with E-state index in [1.54, 1.807) is 0 Å². The quantitative estimate of drug-likeness (QED) is 0.518. The smallest absolute Gasteiger partial charge is 0.300 e. The van der Waals surface area contributed by atoms with Crippen molar-refractivity contribution >= 4 is 5.97 Å². The van der Waals surface area contributed by atoms with Crippen LogP contribution in [0.25, 0.3) is 0 Å². The molecular weight excluding hydrogens is 168 g/mol. The predicted molar refractivity (Wildman–Crippen MR) is 52.3 cm³/mol. The Balaban J connectivity index is 0. The number of hydrogen-bond donors (Lipinski definition) is 2. The monoisotopic (exact) mass is 186 g/mol. The van der Waals surface area contributed by atoms with Crippen molar-refractivity contribution < 1.29 is 15.0 Å². The fraction of sp³-hybridized carbons (Fsp3) is 0.700. The lowest BCUT2D eigenvalue weighted by Crippen LogP contribution is -2.00. The maximum absolute atomic E-state index is 9.00. The molecule has 13 heavy (non-hydrogen) atoms. The highest BCUT2D eigenvalue weighted by molar-refractivity contribution is 5.62. The molecule has 0 aromatic carbocycles. The van der Waals surface area contributed by atoms with E-state index >= 15 is 0 Å². The van der Waals surface area contributed by atoms with Crippen LogP contribution in [0, 0.1) is 12.3 Å². The van der Waals surface area contributed by atoms with Gasteiger partial charge in [-0.3, -0.25) is 4.79 Å². The summed E-state index contributed by atoms with van der Waals surface area (Å²) in [4.78, 5) is 9.00. The Morgan fingerprint density at radius 3 is 2.31 bits per heavy atom. The molecule has 0 heterocycles. The molecule has 2 N–H and O–H groups in total. The highest BCUT2D eigenvalue weighted by atomic mass is 16.4. The number of carboxylic acid groups (broad SMARTS) is 1. The van der Waals surface area contributed by atoms with Crippen molar-refractivity contribution in [3.63, 3.8) is 0 Å². The van der Waals surface area contributed by atoms with E-state index in [1.807, 2.05) is 0 Å². The van der Waals surface area contributed by atoms with Crippen LogP contribution >= 0.6 is 0 Å². The molecule has 0 radical (unpaired) electrons. The van der Waals surface area contributed by atoms with Gasteiger partial charge in [-0.05, 0) is 12.8 Å². The zero-order valence-corrected chi connectivity index (χ0v) is 8.29. The summed E-state index contributed by atoms with van der Waals surface area (Å²) in [6.07, 6.45) is 8.58. The fourth-order valence-corrected chi connectivity index (χ4v) is 0.671. The van der Waals surface area contributed by atoms with Gasteiger partial charge in [0.25, 0.3) is 5.97 Å². The van der Waals surface area contributed by atoms with E-state index in [4.69, 9.17) is 21.4 Å². The van der Waals surface area contributed by atoms with Crippen LogP contribution in [0.5, 0.6) is 0 Å². The molecule has 0 bridgehead atoms. The number of terminal acetylenes is 1. The van der Waals surface area contributed by atoms with E-state index in [-0.39, 0.29) is 0 Å². The van der Waals surface area contributed by atoms with Crippen molar-refractivity contribution in [2.24, 2.45) is 0 Å². The van der Waals surface area contributed by atoms with Crippen molar-refractivity contribution in [1.29, 1.82) is 0 Å². The van der Waals surface area contributed by atoms with Gasteiger partial charge in [-0.25, -0.2) is 0 Å². The van der Waals surface area contributed by atoms with E-state index in [0.717, 1.165) is 19.8 Å². The first-order valence-electron chi connectivity index (χ1n) is 4.38. The standard InChI is InChI=1S/C8H14O.C2H4O2/c1-3-5-6-7-8(9)4-2;1-2(3)4/h2,8-9H,3,5-7H2,1H3;1H3,(H,3,4)/t8-;/m1./s1. The third kappa shape index (κ3) is 24.8. The van der Waals surface area contributed by atoms with E-state index in [2.05, 4.69) is 12.8 Å². The van der Waals surface area contributed by atoms with Gasteiger partial charge < -0.3 is 10.2 Å². The van der Waals surface area contributed by atoms with Crippen molar-refractivity contribution in [2.75, 3.05) is 0 Å². The molecule has 0 saturated carbocycles. The van der Waals surface area contributed by atoms with Crippen LogP contribution in [0.2, 0.25) is 0 Å². The average molecular weight is 186 g/mol. The molecule has 0 amide bonds. The van der Waals surface area contributed by atoms with Gasteiger partial charge >= 0.3 is 0 Å². The molecule has 0 aromatic heterocycles. The van der Waals surface area contributed by atoms with Crippen LogP contribution in [0.4, 0.5) is 0 Å². The van der Waals surface area contributed by atoms with Gasteiger partial charge in [-0.2, -0.15) is 0 Å². The van der Waals surface area contributed by atoms with Crippen LogP contribution in [0.3, 0.4) is 0 Å². The van der Waals surface area contributed by atoms with Gasteiger partial charge in [-0.1, -0.05) is 25.7 Å². The van der Waals surface area contributed by atoms with Crippen molar-refractivity contribution in [3.05, 3.63) is 0 Å². The van der Waals surface area contributed by atoms with Gasteiger partial charge in [0, 0.05) is 6.92 Å². The first-order valence-corrected chi connectivity index (χ1v) is 4.38. The largest absolute Gasteiger partial charge is 0.481 e. The minimum absolute atomic E-state index is 0.517. The maximum atomic E-state index is 9.00. The zero-order chi connectivity index (χ0) is 10.7. The second-order valence-electron chi connectivity index (χ2n) is 2.70. The normalized spacial score (nSPS) is 10.6. The topological polar surface area (TPSA) is 57.5 Å². The lowest BCUT2D eigenvalue weighted by atomic mass is 10.1. The van der Waals surface area contributed by atoms with Gasteiger partial charge in [0.2, 0.25) is 0 Å². The van der Waals surface area contributed by atoms with Gasteiger partial charge in [-0.15, -0.1) is 6.42 Å². The molecule has 0 spiro atoms. The Morgan fingerprint density at radius 1 is 1.54 bits per heavy atom. The molecule has 3 heteroatoms. The van der Waals surface area contributed by atoms with Crippen molar-refractivity contribution in [2.45, 2.75) is 45.6 Å². The fourth-order valence-electron chi connectivity index (χ4n) is 0.671. The number of aliphatic carboxylic acids is 1. The summed E-state index contributed by atoms with van der Waals surface area (Å²) in [6.45, 7) is 3.21. The van der Waals surface area contributed by atoms with Gasteiger partial charge in [0.1, 0.15) is 6.10 Å². The number of unbranched alkanes of at least 4 members (excludes halogenated alkanes) is 2. The summed E-state index contributed by atoms with van der Waals surface area (Å²) in [5, 5.41) is 16.3. The number of rotatable bonds is 4. The second kappa shape index (κ2) is 11.0. The zero-order valence-electron chi connectivity index (χ0n) is 8.29. The van der Waals surface area contributed by atoms with Crippen LogP contribution in [0.15, 0.2) is 0 Å². The Hall–Kier alpha value is -1.01. The van der Waals surface area contributed by atoms with E-state index in [0.29, 0.717) is 0 Å². The Labute approximate surface area is 79.8 Å². The van der Waals surface area contributed by atoms with Crippen molar-refractivity contribution in [1.82, 2.24) is 0 Å². The lowest BCUT2D eigenvalue weighted by Gasteiger charge is -1.99. The molecule has 0 aliphatic carbocycles. The molecular formula is C10H18O3. The minimum Gasteiger partial charge on any atom is -0.481 e. The molecule has 1 atom stereocenters. The summed E-state index contributed by atoms with van der Waals surface area (Å²) in [5.41, 5.74) is 0. The summed E-state index contributed by atoms with van der Waals surface area (Å²) in [6, 6.07) is 0. The van der Waals surface area contributed by atoms with E-state index in [1.165, 1.54) is 12.8 Å². The molecule has 0 unspecified atom stereocenters. The highest BCUT2D eigenvalue weighted by Gasteiger charge is 1.95. The Bertz CT molecular complexity index is 154. The highest BCUT2D eigenvalue weighted by Crippen LogP contribution is 2.01. The van der Waals surface area contributed by atoms with Crippen LogP contribution in [0.1, 0.15) is 39.5 Å². The number of aliphatic hydroxyl groups excluding tert-OH is 1. The molecule has 0 fully saturated rings. The second-order valence-corrected chi connectivity index (χ2v) is 2.70. The van der Waals surface area contributed by atoms with E-state index in [9.17, 15) is 0 Å². The summed E-state index contributed by atoms with van der Waals surface area (Å²) >= 11 is 0. The maximum Gasteiger partial charge on any atom is 0.300 e. The molecule has 76 valence electrons. The molecule has 0 aliphatic rings. The molecule has 0 rings (SSSR count). The lowest BCUT2D eigenvalue weighted by molar-refractivity contribution is -0.134. The first-order chi connectivity index (χ1) is 6.04.